The second kappa shape index (κ2) is 6.85. The monoisotopic (exact) mass is 341 g/mol. The minimum Gasteiger partial charge on any atom is -0.451 e. The van der Waals surface area contributed by atoms with Crippen LogP contribution in [0.4, 0.5) is 5.69 Å². The molecule has 0 radical (unpaired) electrons. The molecule has 1 fully saturated rings. The van der Waals surface area contributed by atoms with Crippen molar-refractivity contribution in [3.8, 4) is 0 Å². The molecule has 6 heteroatoms. The van der Waals surface area contributed by atoms with Gasteiger partial charge in [-0.3, -0.25) is 4.79 Å². The number of rotatable bonds is 4. The summed E-state index contributed by atoms with van der Waals surface area (Å²) >= 11 is 3.32. The maximum Gasteiger partial charge on any atom is 0.336 e. The first-order valence-electron chi connectivity index (χ1n) is 6.45. The van der Waals surface area contributed by atoms with Gasteiger partial charge >= 0.3 is 5.97 Å². The van der Waals surface area contributed by atoms with E-state index in [9.17, 15) is 9.59 Å². The predicted molar refractivity (Wildman–Crippen MR) is 77.3 cm³/mol. The van der Waals surface area contributed by atoms with Gasteiger partial charge in [-0.1, -0.05) is 22.0 Å². The van der Waals surface area contributed by atoms with E-state index in [-0.39, 0.29) is 5.91 Å². The minimum atomic E-state index is -0.856. The Morgan fingerprint density at radius 1 is 1.50 bits per heavy atom. The van der Waals surface area contributed by atoms with Gasteiger partial charge in [0.25, 0.3) is 5.91 Å². The van der Waals surface area contributed by atoms with Gasteiger partial charge in [0.2, 0.25) is 0 Å². The zero-order valence-corrected chi connectivity index (χ0v) is 12.7. The van der Waals surface area contributed by atoms with Gasteiger partial charge in [-0.05, 0) is 38.0 Å². The van der Waals surface area contributed by atoms with Crippen LogP contribution >= 0.6 is 15.9 Å². The lowest BCUT2D eigenvalue weighted by molar-refractivity contribution is -0.162. The normalized spacial score (nSPS) is 19.4. The Kier molecular flexibility index (Phi) is 5.14. The first-order chi connectivity index (χ1) is 9.56. The van der Waals surface area contributed by atoms with Crippen molar-refractivity contribution in [1.82, 2.24) is 0 Å². The number of nitrogens with one attached hydrogen (secondary N) is 1. The molecule has 1 N–H and O–H groups in total. The lowest BCUT2D eigenvalue weighted by Crippen LogP contribution is -2.33. The third-order valence-electron chi connectivity index (χ3n) is 2.95. The molecule has 108 valence electrons. The minimum absolute atomic E-state index is 0.366. The quantitative estimate of drug-likeness (QED) is 0.854. The number of amides is 1. The molecule has 0 aliphatic carbocycles. The summed E-state index contributed by atoms with van der Waals surface area (Å²) < 4.78 is 11.2. The maximum atomic E-state index is 11.9. The van der Waals surface area contributed by atoms with E-state index in [1.165, 1.54) is 0 Å². The maximum absolute atomic E-state index is 11.9. The molecular weight excluding hydrogens is 326 g/mol. The molecular formula is C14H16BrNO4. The molecule has 0 bridgehead atoms. The van der Waals surface area contributed by atoms with E-state index in [1.54, 1.807) is 19.1 Å². The highest BCUT2D eigenvalue weighted by atomic mass is 79.9. The van der Waals surface area contributed by atoms with Crippen LogP contribution in [0, 0.1) is 0 Å². The Bertz CT molecular complexity index is 500. The summed E-state index contributed by atoms with van der Waals surface area (Å²) in [4.78, 5) is 23.7. The Morgan fingerprint density at radius 2 is 2.30 bits per heavy atom. The van der Waals surface area contributed by atoms with Crippen LogP contribution in [0.5, 0.6) is 0 Å². The van der Waals surface area contributed by atoms with Crippen LogP contribution in [0.15, 0.2) is 28.7 Å². The topological polar surface area (TPSA) is 64.6 Å². The van der Waals surface area contributed by atoms with Crippen molar-refractivity contribution in [3.63, 3.8) is 0 Å². The fourth-order valence-electron chi connectivity index (χ4n) is 1.88. The van der Waals surface area contributed by atoms with Crippen molar-refractivity contribution in [2.24, 2.45) is 0 Å². The molecule has 0 aromatic heterocycles. The first kappa shape index (κ1) is 15.0. The molecule has 2 rings (SSSR count). The number of halogens is 1. The van der Waals surface area contributed by atoms with Gasteiger partial charge in [-0.2, -0.15) is 0 Å². The molecule has 20 heavy (non-hydrogen) atoms. The van der Waals surface area contributed by atoms with Crippen LogP contribution in [0.3, 0.4) is 0 Å². The third-order valence-corrected chi connectivity index (χ3v) is 3.44. The smallest absolute Gasteiger partial charge is 0.336 e. The van der Waals surface area contributed by atoms with Gasteiger partial charge in [0.05, 0.1) is 0 Å². The largest absolute Gasteiger partial charge is 0.451 e. The lowest BCUT2D eigenvalue weighted by atomic mass is 10.2. The molecule has 1 amide bonds. The van der Waals surface area contributed by atoms with Gasteiger partial charge in [-0.25, -0.2) is 4.79 Å². The van der Waals surface area contributed by atoms with Crippen LogP contribution in [-0.2, 0) is 19.1 Å². The summed E-state index contributed by atoms with van der Waals surface area (Å²) in [6.45, 7) is 2.11. The molecule has 1 heterocycles. The van der Waals surface area contributed by atoms with E-state index in [0.29, 0.717) is 18.7 Å². The molecule has 1 aliphatic rings. The third kappa shape index (κ3) is 4.05. The Hall–Kier alpha value is -1.40. The summed E-state index contributed by atoms with van der Waals surface area (Å²) in [5.41, 5.74) is 0.643. The Balaban J connectivity index is 1.86. The highest BCUT2D eigenvalue weighted by Gasteiger charge is 2.28. The number of esters is 1. The van der Waals surface area contributed by atoms with Crippen LogP contribution in [0.1, 0.15) is 19.8 Å². The van der Waals surface area contributed by atoms with Crippen molar-refractivity contribution in [1.29, 1.82) is 0 Å². The summed E-state index contributed by atoms with van der Waals surface area (Å²) in [5.74, 6) is -0.839. The second-order valence-corrected chi connectivity index (χ2v) is 5.50. The zero-order chi connectivity index (χ0) is 14.5. The van der Waals surface area contributed by atoms with Crippen molar-refractivity contribution >= 4 is 33.5 Å². The second-order valence-electron chi connectivity index (χ2n) is 4.58. The SMILES string of the molecule is C[C@@H](OC(=O)[C@@H]1CCCO1)C(=O)Nc1cccc(Br)c1. The van der Waals surface area contributed by atoms with Gasteiger partial charge in [0.1, 0.15) is 0 Å². The highest BCUT2D eigenvalue weighted by Crippen LogP contribution is 2.17. The van der Waals surface area contributed by atoms with E-state index < -0.39 is 18.2 Å². The first-order valence-corrected chi connectivity index (χ1v) is 7.24. The summed E-state index contributed by atoms with van der Waals surface area (Å²) in [6, 6.07) is 7.20. The van der Waals surface area contributed by atoms with Crippen LogP contribution in [0.2, 0.25) is 0 Å². The highest BCUT2D eigenvalue weighted by molar-refractivity contribution is 9.10. The molecule has 0 spiro atoms. The van der Waals surface area contributed by atoms with Gasteiger partial charge < -0.3 is 14.8 Å². The molecule has 1 aliphatic heterocycles. The van der Waals surface area contributed by atoms with E-state index >= 15 is 0 Å². The van der Waals surface area contributed by atoms with Crippen LogP contribution in [-0.4, -0.2) is 30.7 Å². The Morgan fingerprint density at radius 3 is 2.95 bits per heavy atom. The van der Waals surface area contributed by atoms with E-state index in [1.807, 2.05) is 12.1 Å². The standard InChI is InChI=1S/C14H16BrNO4/c1-9(20-14(18)12-6-3-7-19-12)13(17)16-11-5-2-4-10(15)8-11/h2,4-5,8-9,12H,3,6-7H2,1H3,(H,16,17)/t9-,12+/m1/s1. The predicted octanol–water partition coefficient (Wildman–Crippen LogP) is 2.50. The van der Waals surface area contributed by atoms with Crippen molar-refractivity contribution < 1.29 is 19.1 Å². The fourth-order valence-corrected chi connectivity index (χ4v) is 2.28. The number of hydrogen-bond acceptors (Lipinski definition) is 4. The molecule has 0 unspecified atom stereocenters. The van der Waals surface area contributed by atoms with Crippen molar-refractivity contribution in [3.05, 3.63) is 28.7 Å². The molecule has 0 saturated carbocycles. The molecule has 1 saturated heterocycles. The fraction of sp³-hybridized carbons (Fsp3) is 0.429. The average Bonchev–Trinajstić information content (AvgIpc) is 2.92. The van der Waals surface area contributed by atoms with Crippen molar-refractivity contribution in [2.75, 3.05) is 11.9 Å². The van der Waals surface area contributed by atoms with Crippen LogP contribution < -0.4 is 5.32 Å². The molecule has 1 aromatic carbocycles. The van der Waals surface area contributed by atoms with Gasteiger partial charge in [0.15, 0.2) is 12.2 Å². The number of carbonyl (C=O) groups excluding carboxylic acids is 2. The number of hydrogen-bond donors (Lipinski definition) is 1. The average molecular weight is 342 g/mol. The van der Waals surface area contributed by atoms with Gasteiger partial charge in [-0.15, -0.1) is 0 Å². The molecule has 2 atom stereocenters. The summed E-state index contributed by atoms with van der Waals surface area (Å²) in [6.07, 6.45) is 0.110. The van der Waals surface area contributed by atoms with Gasteiger partial charge in [0, 0.05) is 16.8 Å². The van der Waals surface area contributed by atoms with Crippen molar-refractivity contribution in [2.45, 2.75) is 32.0 Å². The van der Waals surface area contributed by atoms with E-state index in [2.05, 4.69) is 21.2 Å². The number of anilines is 1. The number of ether oxygens (including phenoxy) is 2. The van der Waals surface area contributed by atoms with E-state index in [0.717, 1.165) is 10.9 Å². The van der Waals surface area contributed by atoms with Crippen LogP contribution in [0.25, 0.3) is 0 Å². The lowest BCUT2D eigenvalue weighted by Gasteiger charge is -2.16. The molecule has 5 nitrogen and oxygen atoms in total. The zero-order valence-electron chi connectivity index (χ0n) is 11.1. The number of carbonyl (C=O) groups is 2. The summed E-state index contributed by atoms with van der Waals surface area (Å²) in [7, 11) is 0. The molecule has 1 aromatic rings. The number of benzene rings is 1. The summed E-state index contributed by atoms with van der Waals surface area (Å²) in [5, 5.41) is 2.69. The Labute approximate surface area is 125 Å². The van der Waals surface area contributed by atoms with E-state index in [4.69, 9.17) is 9.47 Å².